The molecule has 164 valence electrons. The van der Waals surface area contributed by atoms with Gasteiger partial charge >= 0.3 is 5.97 Å². The van der Waals surface area contributed by atoms with Crippen LogP contribution in [-0.4, -0.2) is 27.4 Å². The molecule has 1 fully saturated rings. The number of halogens is 2. The van der Waals surface area contributed by atoms with Gasteiger partial charge in [-0.1, -0.05) is 25.3 Å². The molecular formula is C22H22F2N2O5. The normalized spacial score (nSPS) is 16.4. The van der Waals surface area contributed by atoms with Crippen molar-refractivity contribution in [1.82, 2.24) is 5.32 Å². The van der Waals surface area contributed by atoms with Crippen LogP contribution in [0.15, 0.2) is 36.4 Å². The molecule has 3 rings (SSSR count). The molecule has 1 atom stereocenters. The summed E-state index contributed by atoms with van der Waals surface area (Å²) in [5, 5.41) is 23.9. The second-order valence-electron chi connectivity index (χ2n) is 7.94. The molecule has 1 aliphatic rings. The van der Waals surface area contributed by atoms with E-state index in [-0.39, 0.29) is 22.6 Å². The van der Waals surface area contributed by atoms with Crippen molar-refractivity contribution in [1.29, 1.82) is 0 Å². The summed E-state index contributed by atoms with van der Waals surface area (Å²) in [4.78, 5) is 35.7. The highest BCUT2D eigenvalue weighted by Gasteiger charge is 2.43. The first kappa shape index (κ1) is 22.3. The number of hydrogen-bond donors (Lipinski definition) is 2. The largest absolute Gasteiger partial charge is 0.480 e. The van der Waals surface area contributed by atoms with E-state index in [1.165, 1.54) is 13.0 Å². The number of carbonyl (C=O) groups is 2. The lowest BCUT2D eigenvalue weighted by molar-refractivity contribution is -0.385. The second kappa shape index (κ2) is 8.79. The highest BCUT2D eigenvalue weighted by Crippen LogP contribution is 2.34. The van der Waals surface area contributed by atoms with Crippen molar-refractivity contribution in [3.8, 4) is 11.1 Å². The molecule has 1 saturated carbocycles. The third kappa shape index (κ3) is 4.70. The Hall–Kier alpha value is -3.36. The first-order valence-electron chi connectivity index (χ1n) is 9.92. The van der Waals surface area contributed by atoms with Crippen LogP contribution in [0.5, 0.6) is 0 Å². The van der Waals surface area contributed by atoms with E-state index >= 15 is 0 Å². The molecule has 0 aromatic heterocycles. The Morgan fingerprint density at radius 1 is 1.06 bits per heavy atom. The number of nitrogens with one attached hydrogen (secondary N) is 1. The monoisotopic (exact) mass is 432 g/mol. The second-order valence-corrected chi connectivity index (χ2v) is 7.94. The van der Waals surface area contributed by atoms with Gasteiger partial charge in [0.15, 0.2) is 0 Å². The average Bonchev–Trinajstić information content (AvgIpc) is 2.73. The molecule has 1 amide bonds. The van der Waals surface area contributed by atoms with Crippen LogP contribution in [-0.2, 0) is 4.79 Å². The lowest BCUT2D eigenvalue weighted by Gasteiger charge is -2.37. The van der Waals surface area contributed by atoms with Crippen molar-refractivity contribution >= 4 is 17.6 Å². The van der Waals surface area contributed by atoms with Crippen molar-refractivity contribution in [3.63, 3.8) is 0 Å². The molecule has 2 N–H and O–H groups in total. The molecule has 0 heterocycles. The maximum absolute atomic E-state index is 13.5. The number of amides is 1. The zero-order valence-electron chi connectivity index (χ0n) is 16.9. The standard InChI is InChI=1S/C22H22F2N2O5/c1-22(21(28)29,15-5-3-2-4-6-15)25-20(27)18-8-7-13(11-19(18)26(30)31)14-9-16(23)12-17(24)10-14/h7-12,15H,2-6H2,1H3,(H,25,27)(H,28,29)/t22-/m0/s1. The van der Waals surface area contributed by atoms with Gasteiger partial charge in [0, 0.05) is 12.1 Å². The zero-order valence-corrected chi connectivity index (χ0v) is 16.9. The average molecular weight is 432 g/mol. The fourth-order valence-electron chi connectivity index (χ4n) is 4.09. The summed E-state index contributed by atoms with van der Waals surface area (Å²) in [6.07, 6.45) is 3.96. The van der Waals surface area contributed by atoms with Crippen LogP contribution in [0, 0.1) is 27.7 Å². The Labute approximate surface area is 177 Å². The lowest BCUT2D eigenvalue weighted by atomic mass is 9.75. The van der Waals surface area contributed by atoms with Gasteiger partial charge in [0.1, 0.15) is 22.7 Å². The minimum atomic E-state index is -1.57. The molecule has 2 aromatic rings. The van der Waals surface area contributed by atoms with Crippen LogP contribution >= 0.6 is 0 Å². The van der Waals surface area contributed by atoms with Gasteiger partial charge in [0.25, 0.3) is 11.6 Å². The number of carboxylic acid groups (broad SMARTS) is 1. The zero-order chi connectivity index (χ0) is 22.8. The number of carbonyl (C=O) groups excluding carboxylic acids is 1. The molecule has 0 saturated heterocycles. The molecule has 31 heavy (non-hydrogen) atoms. The first-order valence-corrected chi connectivity index (χ1v) is 9.92. The van der Waals surface area contributed by atoms with Crippen LogP contribution in [0.4, 0.5) is 14.5 Å². The van der Waals surface area contributed by atoms with Gasteiger partial charge in [0.2, 0.25) is 0 Å². The van der Waals surface area contributed by atoms with E-state index < -0.39 is 39.7 Å². The number of aliphatic carboxylic acids is 1. The van der Waals surface area contributed by atoms with Crippen molar-refractivity contribution in [2.75, 3.05) is 0 Å². The van der Waals surface area contributed by atoms with E-state index in [2.05, 4.69) is 5.32 Å². The first-order chi connectivity index (χ1) is 14.6. The van der Waals surface area contributed by atoms with Gasteiger partial charge in [0.05, 0.1) is 4.92 Å². The smallest absolute Gasteiger partial charge is 0.329 e. The van der Waals surface area contributed by atoms with E-state index in [1.54, 1.807) is 0 Å². The Balaban J connectivity index is 1.96. The summed E-state index contributed by atoms with van der Waals surface area (Å²) in [6.45, 7) is 1.42. The Morgan fingerprint density at radius 3 is 2.23 bits per heavy atom. The Morgan fingerprint density at radius 2 is 1.68 bits per heavy atom. The summed E-state index contributed by atoms with van der Waals surface area (Å²) in [6, 6.07) is 6.25. The van der Waals surface area contributed by atoms with Crippen LogP contribution in [0.1, 0.15) is 49.4 Å². The molecule has 0 unspecified atom stereocenters. The van der Waals surface area contributed by atoms with Crippen LogP contribution in [0.25, 0.3) is 11.1 Å². The summed E-state index contributed by atoms with van der Waals surface area (Å²) >= 11 is 0. The number of nitro benzene ring substituents is 1. The van der Waals surface area contributed by atoms with E-state index in [4.69, 9.17) is 0 Å². The number of nitrogens with zero attached hydrogens (tertiary/aromatic N) is 1. The number of hydrogen-bond acceptors (Lipinski definition) is 4. The lowest BCUT2D eigenvalue weighted by Crippen LogP contribution is -2.57. The highest BCUT2D eigenvalue weighted by atomic mass is 19.1. The predicted molar refractivity (Wildman–Crippen MR) is 109 cm³/mol. The maximum Gasteiger partial charge on any atom is 0.329 e. The number of rotatable bonds is 6. The van der Waals surface area contributed by atoms with Gasteiger partial charge in [-0.3, -0.25) is 14.9 Å². The quantitative estimate of drug-likeness (QED) is 0.508. The fraction of sp³-hybridized carbons (Fsp3) is 0.364. The molecule has 0 bridgehead atoms. The maximum atomic E-state index is 13.5. The predicted octanol–water partition coefficient (Wildman–Crippen LogP) is 4.69. The summed E-state index contributed by atoms with van der Waals surface area (Å²) in [5.74, 6) is -4.08. The van der Waals surface area contributed by atoms with E-state index in [0.717, 1.165) is 43.5 Å². The van der Waals surface area contributed by atoms with E-state index in [1.807, 2.05) is 0 Å². The number of benzene rings is 2. The Bertz CT molecular complexity index is 1020. The van der Waals surface area contributed by atoms with E-state index in [0.29, 0.717) is 18.9 Å². The van der Waals surface area contributed by atoms with Gasteiger partial charge in [-0.15, -0.1) is 0 Å². The summed E-state index contributed by atoms with van der Waals surface area (Å²) in [7, 11) is 0. The van der Waals surface area contributed by atoms with Gasteiger partial charge in [-0.05, 0) is 55.0 Å². The fourth-order valence-corrected chi connectivity index (χ4v) is 4.09. The molecule has 1 aliphatic carbocycles. The third-order valence-corrected chi connectivity index (χ3v) is 5.87. The summed E-state index contributed by atoms with van der Waals surface area (Å²) in [5.41, 5.74) is -2.26. The van der Waals surface area contributed by atoms with Gasteiger partial charge in [-0.25, -0.2) is 13.6 Å². The van der Waals surface area contributed by atoms with Gasteiger partial charge in [-0.2, -0.15) is 0 Å². The van der Waals surface area contributed by atoms with Gasteiger partial charge < -0.3 is 10.4 Å². The molecular weight excluding hydrogens is 410 g/mol. The van der Waals surface area contributed by atoms with Crippen LogP contribution < -0.4 is 5.32 Å². The SMILES string of the molecule is C[C@@](NC(=O)c1ccc(-c2cc(F)cc(F)c2)cc1[N+](=O)[O-])(C(=O)O)C1CCCCC1. The third-order valence-electron chi connectivity index (χ3n) is 5.87. The minimum Gasteiger partial charge on any atom is -0.480 e. The number of nitro groups is 1. The van der Waals surface area contributed by atoms with Crippen LogP contribution in [0.2, 0.25) is 0 Å². The van der Waals surface area contributed by atoms with Crippen molar-refractivity contribution in [2.24, 2.45) is 5.92 Å². The van der Waals surface area contributed by atoms with Crippen molar-refractivity contribution in [2.45, 2.75) is 44.6 Å². The molecule has 9 heteroatoms. The van der Waals surface area contributed by atoms with E-state index in [9.17, 15) is 33.6 Å². The topological polar surface area (TPSA) is 110 Å². The minimum absolute atomic E-state index is 0.0742. The molecule has 2 aromatic carbocycles. The van der Waals surface area contributed by atoms with Crippen LogP contribution in [0.3, 0.4) is 0 Å². The van der Waals surface area contributed by atoms with Crippen molar-refractivity contribution < 1.29 is 28.4 Å². The molecule has 0 aliphatic heterocycles. The Kier molecular flexibility index (Phi) is 6.33. The number of carboxylic acids is 1. The highest BCUT2D eigenvalue weighted by molar-refractivity contribution is 6.01. The summed E-state index contributed by atoms with van der Waals surface area (Å²) < 4.78 is 27.0. The molecule has 0 spiro atoms. The molecule has 7 nitrogen and oxygen atoms in total. The molecule has 0 radical (unpaired) electrons. The van der Waals surface area contributed by atoms with Crippen molar-refractivity contribution in [3.05, 3.63) is 63.7 Å².